The van der Waals surface area contributed by atoms with E-state index in [0.717, 1.165) is 6.42 Å². The minimum absolute atomic E-state index is 0.0316. The van der Waals surface area contributed by atoms with Crippen LogP contribution in [0.3, 0.4) is 0 Å². The molecule has 0 spiro atoms. The molecule has 0 unspecified atom stereocenters. The standard InChI is InChI=1S/C8H19N2/c1-8(2,9)4-5-10(3)6-7-10/h4-7,9H2,1-3H3/q+1. The molecule has 0 bridgehead atoms. The fraction of sp³-hybridized carbons (Fsp3) is 1.00. The van der Waals surface area contributed by atoms with Crippen LogP contribution < -0.4 is 5.73 Å². The maximum Gasteiger partial charge on any atom is 0.128 e. The average molecular weight is 143 g/mol. The van der Waals surface area contributed by atoms with Crippen LogP contribution in [0.1, 0.15) is 20.3 Å². The summed E-state index contributed by atoms with van der Waals surface area (Å²) in [5, 5.41) is 0. The first-order chi connectivity index (χ1) is 4.41. The molecule has 0 aromatic heterocycles. The first kappa shape index (κ1) is 8.02. The minimum atomic E-state index is 0.0316. The highest BCUT2D eigenvalue weighted by atomic mass is 15.4. The maximum absolute atomic E-state index is 5.86. The number of quaternary nitrogens is 1. The summed E-state index contributed by atoms with van der Waals surface area (Å²) >= 11 is 0. The molecule has 1 aliphatic rings. The SMILES string of the molecule is CC(C)(N)CC[N+]1(C)CC1. The van der Waals surface area contributed by atoms with E-state index < -0.39 is 0 Å². The molecule has 2 nitrogen and oxygen atoms in total. The van der Waals surface area contributed by atoms with Gasteiger partial charge in [-0.05, 0) is 13.8 Å². The summed E-state index contributed by atoms with van der Waals surface area (Å²) < 4.78 is 1.25. The summed E-state index contributed by atoms with van der Waals surface area (Å²) in [6, 6.07) is 0. The largest absolute Gasteiger partial charge is 0.325 e. The molecule has 1 rings (SSSR count). The third-order valence-corrected chi connectivity index (χ3v) is 2.28. The Kier molecular flexibility index (Phi) is 1.77. The molecule has 2 heteroatoms. The molecule has 0 aliphatic carbocycles. The average Bonchev–Trinajstić information content (AvgIpc) is 2.43. The van der Waals surface area contributed by atoms with Crippen LogP contribution >= 0.6 is 0 Å². The lowest BCUT2D eigenvalue weighted by atomic mass is 10.0. The van der Waals surface area contributed by atoms with Gasteiger partial charge in [-0.2, -0.15) is 0 Å². The zero-order valence-electron chi connectivity index (χ0n) is 7.35. The highest BCUT2D eigenvalue weighted by molar-refractivity contribution is 4.72. The lowest BCUT2D eigenvalue weighted by molar-refractivity contribution is -0.778. The molecular formula is C8H19N2+. The Morgan fingerprint density at radius 1 is 1.40 bits per heavy atom. The van der Waals surface area contributed by atoms with E-state index in [0.29, 0.717) is 0 Å². The van der Waals surface area contributed by atoms with Crippen LogP contribution in [0, 0.1) is 0 Å². The van der Waals surface area contributed by atoms with Crippen molar-refractivity contribution in [3.8, 4) is 0 Å². The van der Waals surface area contributed by atoms with Gasteiger partial charge in [-0.25, -0.2) is 0 Å². The van der Waals surface area contributed by atoms with Crippen LogP contribution in [0.5, 0.6) is 0 Å². The monoisotopic (exact) mass is 143 g/mol. The molecule has 2 N–H and O–H groups in total. The van der Waals surface area contributed by atoms with E-state index >= 15 is 0 Å². The van der Waals surface area contributed by atoms with Crippen LogP contribution in [-0.2, 0) is 0 Å². The smallest absolute Gasteiger partial charge is 0.128 e. The van der Waals surface area contributed by atoms with Crippen LogP contribution in [0.4, 0.5) is 0 Å². The highest BCUT2D eigenvalue weighted by Crippen LogP contribution is 2.19. The fourth-order valence-corrected chi connectivity index (χ4v) is 0.952. The number of nitrogens with zero attached hydrogens (tertiary/aromatic N) is 1. The molecule has 1 aliphatic heterocycles. The molecule has 0 atom stereocenters. The van der Waals surface area contributed by atoms with E-state index in [9.17, 15) is 0 Å². The molecule has 1 saturated heterocycles. The van der Waals surface area contributed by atoms with E-state index in [-0.39, 0.29) is 5.54 Å². The van der Waals surface area contributed by atoms with Crippen molar-refractivity contribution in [1.82, 2.24) is 0 Å². The fourth-order valence-electron chi connectivity index (χ4n) is 0.952. The molecule has 1 heterocycles. The minimum Gasteiger partial charge on any atom is -0.325 e. The van der Waals surface area contributed by atoms with Crippen molar-refractivity contribution in [1.29, 1.82) is 0 Å². The van der Waals surface area contributed by atoms with E-state index in [1.165, 1.54) is 24.1 Å². The molecule has 0 saturated carbocycles. The van der Waals surface area contributed by atoms with Crippen molar-refractivity contribution in [3.63, 3.8) is 0 Å². The van der Waals surface area contributed by atoms with Crippen molar-refractivity contribution >= 4 is 0 Å². The van der Waals surface area contributed by atoms with Crippen molar-refractivity contribution in [2.75, 3.05) is 26.7 Å². The second-order valence-electron chi connectivity index (χ2n) is 4.53. The molecule has 10 heavy (non-hydrogen) atoms. The van der Waals surface area contributed by atoms with Gasteiger partial charge >= 0.3 is 0 Å². The van der Waals surface area contributed by atoms with Crippen LogP contribution in [0.15, 0.2) is 0 Å². The topological polar surface area (TPSA) is 26.0 Å². The second kappa shape index (κ2) is 2.21. The van der Waals surface area contributed by atoms with E-state index in [1.54, 1.807) is 0 Å². The number of hydrogen-bond donors (Lipinski definition) is 1. The first-order valence-corrected chi connectivity index (χ1v) is 4.04. The predicted molar refractivity (Wildman–Crippen MR) is 43.7 cm³/mol. The molecule has 0 aromatic rings. The summed E-state index contributed by atoms with van der Waals surface area (Å²) in [7, 11) is 2.30. The predicted octanol–water partition coefficient (Wildman–Crippen LogP) is 0.574. The lowest BCUT2D eigenvalue weighted by Crippen LogP contribution is -2.37. The molecule has 0 aromatic carbocycles. The van der Waals surface area contributed by atoms with Crippen molar-refractivity contribution in [3.05, 3.63) is 0 Å². The lowest BCUT2D eigenvalue weighted by Gasteiger charge is -2.20. The zero-order chi connectivity index (χ0) is 7.83. The number of rotatable bonds is 3. The van der Waals surface area contributed by atoms with Gasteiger partial charge in [0.1, 0.15) is 13.1 Å². The summed E-state index contributed by atoms with van der Waals surface area (Å²) in [5.74, 6) is 0. The van der Waals surface area contributed by atoms with Crippen molar-refractivity contribution in [2.24, 2.45) is 5.73 Å². The van der Waals surface area contributed by atoms with E-state index in [1.807, 2.05) is 0 Å². The van der Waals surface area contributed by atoms with Gasteiger partial charge in [0.05, 0.1) is 13.6 Å². The van der Waals surface area contributed by atoms with E-state index in [2.05, 4.69) is 20.9 Å². The normalized spacial score (nSPS) is 22.8. The van der Waals surface area contributed by atoms with Crippen LogP contribution in [-0.4, -0.2) is 36.7 Å². The second-order valence-corrected chi connectivity index (χ2v) is 4.53. The summed E-state index contributed by atoms with van der Waals surface area (Å²) in [6.45, 7) is 8.17. The Morgan fingerprint density at radius 3 is 2.20 bits per heavy atom. The Morgan fingerprint density at radius 2 is 1.90 bits per heavy atom. The van der Waals surface area contributed by atoms with Gasteiger partial charge in [0.25, 0.3) is 0 Å². The Labute approximate surface area is 63.6 Å². The molecule has 0 radical (unpaired) electrons. The quantitative estimate of drug-likeness (QED) is 0.454. The summed E-state index contributed by atoms with van der Waals surface area (Å²) in [6.07, 6.45) is 1.14. The summed E-state index contributed by atoms with van der Waals surface area (Å²) in [4.78, 5) is 0. The molecule has 0 amide bonds. The zero-order valence-corrected chi connectivity index (χ0v) is 7.35. The number of nitrogens with two attached hydrogens (primary N) is 1. The van der Waals surface area contributed by atoms with Gasteiger partial charge in [0.2, 0.25) is 0 Å². The first-order valence-electron chi connectivity index (χ1n) is 4.04. The maximum atomic E-state index is 5.86. The van der Waals surface area contributed by atoms with E-state index in [4.69, 9.17) is 5.73 Å². The van der Waals surface area contributed by atoms with Gasteiger partial charge in [-0.15, -0.1) is 0 Å². The molecule has 60 valence electrons. The van der Waals surface area contributed by atoms with Crippen LogP contribution in [0.25, 0.3) is 0 Å². The highest BCUT2D eigenvalue weighted by Gasteiger charge is 2.37. The van der Waals surface area contributed by atoms with Crippen molar-refractivity contribution in [2.45, 2.75) is 25.8 Å². The van der Waals surface area contributed by atoms with Gasteiger partial charge in [0.15, 0.2) is 0 Å². The molecule has 1 fully saturated rings. The van der Waals surface area contributed by atoms with Gasteiger partial charge in [-0.1, -0.05) is 0 Å². The van der Waals surface area contributed by atoms with Gasteiger partial charge in [-0.3, -0.25) is 0 Å². The third-order valence-electron chi connectivity index (χ3n) is 2.28. The Bertz CT molecular complexity index is 114. The summed E-state index contributed by atoms with van der Waals surface area (Å²) in [5.41, 5.74) is 5.89. The number of hydrogen-bond acceptors (Lipinski definition) is 1. The third kappa shape index (κ3) is 2.67. The van der Waals surface area contributed by atoms with Gasteiger partial charge in [0, 0.05) is 12.0 Å². The Hall–Kier alpha value is -0.0800. The Balaban J connectivity index is 2.17. The van der Waals surface area contributed by atoms with Crippen molar-refractivity contribution < 1.29 is 4.48 Å². The van der Waals surface area contributed by atoms with Crippen LogP contribution in [0.2, 0.25) is 0 Å². The van der Waals surface area contributed by atoms with Gasteiger partial charge < -0.3 is 10.2 Å². The molecular weight excluding hydrogens is 124 g/mol. The number of likely N-dealkylation sites (N-methyl/N-ethyl adjacent to an activating group) is 1.